The van der Waals surface area contributed by atoms with E-state index in [-0.39, 0.29) is 17.7 Å². The number of amides is 1. The van der Waals surface area contributed by atoms with Crippen LogP contribution in [0.5, 0.6) is 0 Å². The van der Waals surface area contributed by atoms with E-state index in [1.54, 1.807) is 18.3 Å². The molecule has 0 saturated heterocycles. The Morgan fingerprint density at radius 3 is 2.56 bits per heavy atom. The van der Waals surface area contributed by atoms with E-state index < -0.39 is 45.5 Å². The highest BCUT2D eigenvalue weighted by molar-refractivity contribution is 7.90. The van der Waals surface area contributed by atoms with E-state index in [1.165, 1.54) is 12.1 Å². The third-order valence-corrected chi connectivity index (χ3v) is 7.49. The number of carbonyl (C=O) groups excluding carboxylic acids is 1. The topological polar surface area (TPSA) is 116 Å². The third kappa shape index (κ3) is 4.67. The number of alkyl halides is 2. The fourth-order valence-corrected chi connectivity index (χ4v) is 4.96. The number of nitrogens with zero attached hydrogens (tertiary/aromatic N) is 2. The van der Waals surface area contributed by atoms with Crippen molar-refractivity contribution >= 4 is 15.7 Å². The monoisotopic (exact) mass is 462 g/mol. The Bertz CT molecular complexity index is 1160. The van der Waals surface area contributed by atoms with Crippen LogP contribution in [0.3, 0.4) is 0 Å². The summed E-state index contributed by atoms with van der Waals surface area (Å²) in [5.41, 5.74) is 1.32. The number of H-pyrrole nitrogens is 1. The maximum absolute atomic E-state index is 14.2. The van der Waals surface area contributed by atoms with Crippen molar-refractivity contribution in [3.63, 3.8) is 0 Å². The maximum atomic E-state index is 14.2. The SMILES string of the molecule is CS(=O)(=O)c1ccc(Cc2cn[nH]c2[C@@H]2CCC(F)(F)C[C@H]2C(=O)NC2(C#N)CC2)cc1. The van der Waals surface area contributed by atoms with Crippen molar-refractivity contribution in [1.29, 1.82) is 5.26 Å². The van der Waals surface area contributed by atoms with Gasteiger partial charge in [0.05, 0.1) is 23.1 Å². The predicted molar refractivity (Wildman–Crippen MR) is 112 cm³/mol. The lowest BCUT2D eigenvalue weighted by molar-refractivity contribution is -0.134. The number of benzene rings is 1. The van der Waals surface area contributed by atoms with Crippen molar-refractivity contribution in [3.05, 3.63) is 47.3 Å². The Hall–Kier alpha value is -2.80. The number of halogens is 2. The molecular weight excluding hydrogens is 438 g/mol. The zero-order valence-electron chi connectivity index (χ0n) is 17.6. The summed E-state index contributed by atoms with van der Waals surface area (Å²) in [4.78, 5) is 13.1. The minimum atomic E-state index is -3.30. The number of carbonyl (C=O) groups is 1. The Balaban J connectivity index is 1.57. The Kier molecular flexibility index (Phi) is 5.57. The van der Waals surface area contributed by atoms with Gasteiger partial charge < -0.3 is 5.32 Å². The molecule has 1 aromatic heterocycles. The average Bonchev–Trinajstić information content (AvgIpc) is 3.36. The molecule has 1 amide bonds. The quantitative estimate of drug-likeness (QED) is 0.684. The van der Waals surface area contributed by atoms with Crippen molar-refractivity contribution in [2.75, 3.05) is 6.26 Å². The summed E-state index contributed by atoms with van der Waals surface area (Å²) in [5.74, 6) is -4.91. The van der Waals surface area contributed by atoms with Gasteiger partial charge in [-0.1, -0.05) is 12.1 Å². The molecule has 10 heteroatoms. The highest BCUT2D eigenvalue weighted by Crippen LogP contribution is 2.46. The number of nitriles is 1. The summed E-state index contributed by atoms with van der Waals surface area (Å²) in [5, 5.41) is 18.9. The second kappa shape index (κ2) is 7.96. The predicted octanol–water partition coefficient (Wildman–Crippen LogP) is 3.10. The van der Waals surface area contributed by atoms with E-state index in [0.717, 1.165) is 17.4 Å². The molecule has 0 radical (unpaired) electrons. The smallest absolute Gasteiger partial charge is 0.249 e. The van der Waals surface area contributed by atoms with Crippen molar-refractivity contribution < 1.29 is 22.0 Å². The first-order chi connectivity index (χ1) is 15.0. The van der Waals surface area contributed by atoms with Crippen molar-refractivity contribution in [3.8, 4) is 6.07 Å². The molecular formula is C22H24F2N4O3S. The molecule has 1 heterocycles. The van der Waals surface area contributed by atoms with Crippen LogP contribution in [0, 0.1) is 17.2 Å². The molecule has 2 saturated carbocycles. The van der Waals surface area contributed by atoms with Gasteiger partial charge in [-0.2, -0.15) is 10.4 Å². The van der Waals surface area contributed by atoms with E-state index in [1.807, 2.05) is 0 Å². The van der Waals surface area contributed by atoms with Crippen LogP contribution in [-0.2, 0) is 21.1 Å². The van der Waals surface area contributed by atoms with Crippen molar-refractivity contribution in [2.24, 2.45) is 5.92 Å². The van der Waals surface area contributed by atoms with Gasteiger partial charge in [-0.25, -0.2) is 17.2 Å². The first kappa shape index (κ1) is 22.4. The van der Waals surface area contributed by atoms with Gasteiger partial charge in [0.2, 0.25) is 11.8 Å². The average molecular weight is 463 g/mol. The maximum Gasteiger partial charge on any atom is 0.249 e. The van der Waals surface area contributed by atoms with E-state index in [2.05, 4.69) is 21.6 Å². The largest absolute Gasteiger partial charge is 0.338 e. The van der Waals surface area contributed by atoms with Gasteiger partial charge in [0.1, 0.15) is 5.54 Å². The Morgan fingerprint density at radius 2 is 1.97 bits per heavy atom. The molecule has 4 rings (SSSR count). The minimum absolute atomic E-state index is 0.118. The molecule has 7 nitrogen and oxygen atoms in total. The fraction of sp³-hybridized carbons (Fsp3) is 0.500. The molecule has 2 aromatic rings. The molecule has 170 valence electrons. The number of hydrogen-bond donors (Lipinski definition) is 2. The number of aromatic nitrogens is 2. The molecule has 2 aliphatic rings. The van der Waals surface area contributed by atoms with E-state index in [0.29, 0.717) is 25.0 Å². The molecule has 0 unspecified atom stereocenters. The second-order valence-corrected chi connectivity index (χ2v) is 10.9. The summed E-state index contributed by atoms with van der Waals surface area (Å²) < 4.78 is 51.8. The number of hydrogen-bond acceptors (Lipinski definition) is 5. The zero-order valence-corrected chi connectivity index (χ0v) is 18.4. The third-order valence-electron chi connectivity index (χ3n) is 6.36. The summed E-state index contributed by atoms with van der Waals surface area (Å²) in [6.45, 7) is 0. The molecule has 0 bridgehead atoms. The summed E-state index contributed by atoms with van der Waals surface area (Å²) in [7, 11) is -3.30. The molecule has 0 aliphatic heterocycles. The van der Waals surface area contributed by atoms with Crippen LogP contribution in [0.15, 0.2) is 35.4 Å². The van der Waals surface area contributed by atoms with Gasteiger partial charge in [0.15, 0.2) is 9.84 Å². The molecule has 2 atom stereocenters. The minimum Gasteiger partial charge on any atom is -0.338 e. The molecule has 2 aliphatic carbocycles. The Labute approximate surface area is 185 Å². The molecule has 1 aromatic carbocycles. The number of sulfone groups is 1. The molecule has 2 fully saturated rings. The van der Waals surface area contributed by atoms with Gasteiger partial charge in [0, 0.05) is 37.1 Å². The highest BCUT2D eigenvalue weighted by Gasteiger charge is 2.50. The molecule has 0 spiro atoms. The van der Waals surface area contributed by atoms with E-state index in [9.17, 15) is 27.3 Å². The van der Waals surface area contributed by atoms with Gasteiger partial charge in [-0.15, -0.1) is 0 Å². The van der Waals surface area contributed by atoms with Gasteiger partial charge >= 0.3 is 0 Å². The standard InChI is InChI=1S/C22H24F2N4O3S/c1-32(30,31)16-4-2-14(3-5-16)10-15-12-26-28-19(15)17-6-7-22(23,24)11-18(17)20(29)27-21(13-25)8-9-21/h2-5,12,17-18H,6-11H2,1H3,(H,26,28)(H,27,29)/t17-,18-/m1/s1. The van der Waals surface area contributed by atoms with Crippen molar-refractivity contribution in [2.45, 2.75) is 60.8 Å². The zero-order chi connectivity index (χ0) is 23.1. The van der Waals surface area contributed by atoms with Crippen LogP contribution in [0.1, 0.15) is 54.8 Å². The fourth-order valence-electron chi connectivity index (χ4n) is 4.33. The number of aromatic amines is 1. The second-order valence-electron chi connectivity index (χ2n) is 8.90. The van der Waals surface area contributed by atoms with Crippen LogP contribution in [0.4, 0.5) is 8.78 Å². The summed E-state index contributed by atoms with van der Waals surface area (Å²) in [6.07, 6.45) is 3.44. The van der Waals surface area contributed by atoms with Gasteiger partial charge in [-0.05, 0) is 42.5 Å². The normalized spacial score (nSPS) is 23.8. The number of nitrogens with one attached hydrogen (secondary N) is 2. The van der Waals surface area contributed by atoms with Crippen LogP contribution in [-0.4, -0.2) is 42.2 Å². The molecule has 2 N–H and O–H groups in total. The lowest BCUT2D eigenvalue weighted by Crippen LogP contribution is -2.45. The first-order valence-corrected chi connectivity index (χ1v) is 12.3. The lowest BCUT2D eigenvalue weighted by Gasteiger charge is -2.35. The van der Waals surface area contributed by atoms with Gasteiger partial charge in [0.25, 0.3) is 0 Å². The highest BCUT2D eigenvalue weighted by atomic mass is 32.2. The van der Waals surface area contributed by atoms with E-state index >= 15 is 0 Å². The summed E-state index contributed by atoms with van der Waals surface area (Å²) in [6, 6.07) is 8.53. The first-order valence-electron chi connectivity index (χ1n) is 10.4. The van der Waals surface area contributed by atoms with Crippen molar-refractivity contribution in [1.82, 2.24) is 15.5 Å². The van der Waals surface area contributed by atoms with Gasteiger partial charge in [-0.3, -0.25) is 9.89 Å². The van der Waals surface area contributed by atoms with Crippen LogP contribution >= 0.6 is 0 Å². The summed E-state index contributed by atoms with van der Waals surface area (Å²) >= 11 is 0. The lowest BCUT2D eigenvalue weighted by atomic mass is 9.74. The van der Waals surface area contributed by atoms with Crippen LogP contribution in [0.25, 0.3) is 0 Å². The number of rotatable bonds is 6. The van der Waals surface area contributed by atoms with Crippen LogP contribution < -0.4 is 5.32 Å². The Morgan fingerprint density at radius 1 is 1.28 bits per heavy atom. The molecule has 32 heavy (non-hydrogen) atoms. The van der Waals surface area contributed by atoms with Crippen LogP contribution in [0.2, 0.25) is 0 Å². The van der Waals surface area contributed by atoms with E-state index in [4.69, 9.17) is 0 Å².